The van der Waals surface area contributed by atoms with Crippen LogP contribution in [0.25, 0.3) is 5.69 Å². The van der Waals surface area contributed by atoms with Gasteiger partial charge in [0.05, 0.1) is 23.5 Å². The Morgan fingerprint density at radius 2 is 1.81 bits per heavy atom. The topological polar surface area (TPSA) is 47.4 Å². The number of carbonyl (C=O) groups is 1. The predicted molar refractivity (Wildman–Crippen MR) is 121 cm³/mol. The summed E-state index contributed by atoms with van der Waals surface area (Å²) in [6.45, 7) is 2.52. The molecule has 2 aliphatic carbocycles. The SMILES string of the molecule is Cc1nn(-c2ccccc2)c(Oc2ccc(Cl)cc2)c1CN(C(=O)C1CCC1)C1CC1. The maximum absolute atomic E-state index is 13.1. The number of benzene rings is 2. The highest BCUT2D eigenvalue weighted by Crippen LogP contribution is 2.38. The Labute approximate surface area is 187 Å². The number of halogens is 1. The van der Waals surface area contributed by atoms with Crippen LogP contribution in [0, 0.1) is 12.8 Å². The molecule has 5 nitrogen and oxygen atoms in total. The fraction of sp³-hybridized carbons (Fsp3) is 0.360. The zero-order chi connectivity index (χ0) is 21.4. The highest BCUT2D eigenvalue weighted by molar-refractivity contribution is 6.30. The first-order valence-corrected chi connectivity index (χ1v) is 11.4. The maximum Gasteiger partial charge on any atom is 0.227 e. The third-order valence-corrected chi connectivity index (χ3v) is 6.47. The molecule has 1 amide bonds. The molecule has 2 aromatic carbocycles. The molecule has 0 N–H and O–H groups in total. The van der Waals surface area contributed by atoms with Crippen molar-refractivity contribution < 1.29 is 9.53 Å². The van der Waals surface area contributed by atoms with Crippen LogP contribution in [-0.4, -0.2) is 26.6 Å². The highest BCUT2D eigenvalue weighted by atomic mass is 35.5. The first-order valence-electron chi connectivity index (χ1n) is 11.0. The van der Waals surface area contributed by atoms with Gasteiger partial charge in [-0.25, -0.2) is 4.68 Å². The second kappa shape index (κ2) is 8.39. The van der Waals surface area contributed by atoms with Gasteiger partial charge in [0.1, 0.15) is 5.75 Å². The quantitative estimate of drug-likeness (QED) is 0.463. The lowest BCUT2D eigenvalue weighted by atomic mass is 9.84. The third kappa shape index (κ3) is 4.19. The lowest BCUT2D eigenvalue weighted by Crippen LogP contribution is -2.40. The molecule has 2 fully saturated rings. The van der Waals surface area contributed by atoms with Crippen molar-refractivity contribution in [3.8, 4) is 17.3 Å². The first kappa shape index (κ1) is 20.1. The van der Waals surface area contributed by atoms with Gasteiger partial charge in [-0.15, -0.1) is 0 Å². The van der Waals surface area contributed by atoms with E-state index in [9.17, 15) is 4.79 Å². The van der Waals surface area contributed by atoms with Crippen LogP contribution >= 0.6 is 11.6 Å². The van der Waals surface area contributed by atoms with Crippen LogP contribution < -0.4 is 4.74 Å². The van der Waals surface area contributed by atoms with Crippen molar-refractivity contribution in [3.05, 3.63) is 70.9 Å². The summed E-state index contributed by atoms with van der Waals surface area (Å²) >= 11 is 6.05. The summed E-state index contributed by atoms with van der Waals surface area (Å²) < 4.78 is 8.19. The standard InChI is InChI=1S/C25H26ClN3O2/c1-17-23(16-28(20-12-13-20)24(30)18-6-5-7-18)25(31-22-14-10-19(26)11-15-22)29(27-17)21-8-3-2-4-9-21/h2-4,8-11,14-15,18,20H,5-7,12-13,16H2,1H3. The molecule has 0 atom stereocenters. The summed E-state index contributed by atoms with van der Waals surface area (Å²) in [6.07, 6.45) is 5.34. The van der Waals surface area contributed by atoms with Crippen molar-refractivity contribution in [1.82, 2.24) is 14.7 Å². The van der Waals surface area contributed by atoms with Gasteiger partial charge < -0.3 is 9.64 Å². The summed E-state index contributed by atoms with van der Waals surface area (Å²) in [6, 6.07) is 17.6. The molecule has 2 aliphatic rings. The first-order chi connectivity index (χ1) is 15.1. The van der Waals surface area contributed by atoms with Gasteiger partial charge >= 0.3 is 0 Å². The molecule has 31 heavy (non-hydrogen) atoms. The number of ether oxygens (including phenoxy) is 1. The largest absolute Gasteiger partial charge is 0.439 e. The summed E-state index contributed by atoms with van der Waals surface area (Å²) in [7, 11) is 0. The van der Waals surface area contributed by atoms with E-state index in [0.717, 1.165) is 49.0 Å². The number of hydrogen-bond donors (Lipinski definition) is 0. The average molecular weight is 436 g/mol. The molecule has 0 spiro atoms. The molecule has 0 bridgehead atoms. The van der Waals surface area contributed by atoms with Crippen LogP contribution in [0.4, 0.5) is 0 Å². The van der Waals surface area contributed by atoms with Crippen LogP contribution in [0.1, 0.15) is 43.4 Å². The molecule has 3 aromatic rings. The number of aromatic nitrogens is 2. The van der Waals surface area contributed by atoms with Gasteiger partial charge in [0.15, 0.2) is 0 Å². The lowest BCUT2D eigenvalue weighted by Gasteiger charge is -2.32. The van der Waals surface area contributed by atoms with Gasteiger partial charge in [0, 0.05) is 17.0 Å². The third-order valence-electron chi connectivity index (χ3n) is 6.22. The summed E-state index contributed by atoms with van der Waals surface area (Å²) in [5, 5.41) is 5.45. The van der Waals surface area contributed by atoms with E-state index in [1.165, 1.54) is 0 Å². The molecule has 0 saturated heterocycles. The highest BCUT2D eigenvalue weighted by Gasteiger charge is 2.39. The van der Waals surface area contributed by atoms with Crippen molar-refractivity contribution in [2.24, 2.45) is 5.92 Å². The number of rotatable bonds is 7. The van der Waals surface area contributed by atoms with E-state index in [4.69, 9.17) is 21.4 Å². The van der Waals surface area contributed by atoms with Crippen molar-refractivity contribution in [3.63, 3.8) is 0 Å². The van der Waals surface area contributed by atoms with Crippen LogP contribution in [0.5, 0.6) is 11.6 Å². The minimum atomic E-state index is 0.186. The van der Waals surface area contributed by atoms with Crippen molar-refractivity contribution in [2.75, 3.05) is 0 Å². The molecule has 0 radical (unpaired) electrons. The number of carbonyl (C=O) groups excluding carboxylic acids is 1. The Hall–Kier alpha value is -2.79. The Balaban J connectivity index is 1.53. The Bertz CT molecular complexity index is 1070. The second-order valence-electron chi connectivity index (χ2n) is 8.50. The number of nitrogens with zero attached hydrogens (tertiary/aromatic N) is 3. The summed E-state index contributed by atoms with van der Waals surface area (Å²) in [5.74, 6) is 1.81. The van der Waals surface area contributed by atoms with Gasteiger partial charge in [0.2, 0.25) is 11.8 Å². The molecule has 6 heteroatoms. The molecule has 160 valence electrons. The Morgan fingerprint density at radius 3 is 2.42 bits per heavy atom. The summed E-state index contributed by atoms with van der Waals surface area (Å²) in [4.78, 5) is 15.2. The number of para-hydroxylation sites is 1. The summed E-state index contributed by atoms with van der Waals surface area (Å²) in [5.41, 5.74) is 2.75. The Kier molecular flexibility index (Phi) is 5.45. The second-order valence-corrected chi connectivity index (χ2v) is 8.93. The predicted octanol–water partition coefficient (Wildman–Crippen LogP) is 5.92. The van der Waals surface area contributed by atoms with Gasteiger partial charge in [-0.2, -0.15) is 5.10 Å². The molecule has 0 aliphatic heterocycles. The van der Waals surface area contributed by atoms with Gasteiger partial charge in [0.25, 0.3) is 0 Å². The normalized spacial score (nSPS) is 16.1. The van der Waals surface area contributed by atoms with Crippen LogP contribution in [0.3, 0.4) is 0 Å². The van der Waals surface area contributed by atoms with Crippen molar-refractivity contribution >= 4 is 17.5 Å². The molecular weight excluding hydrogens is 410 g/mol. The van der Waals surface area contributed by atoms with E-state index in [1.54, 1.807) is 0 Å². The minimum Gasteiger partial charge on any atom is -0.439 e. The number of hydrogen-bond acceptors (Lipinski definition) is 3. The zero-order valence-electron chi connectivity index (χ0n) is 17.6. The lowest BCUT2D eigenvalue weighted by molar-refractivity contribution is -0.139. The van der Waals surface area contributed by atoms with Crippen LogP contribution in [-0.2, 0) is 11.3 Å². The molecule has 1 heterocycles. The fourth-order valence-corrected chi connectivity index (χ4v) is 4.14. The Morgan fingerprint density at radius 1 is 1.10 bits per heavy atom. The van der Waals surface area contributed by atoms with Gasteiger partial charge in [-0.05, 0) is 69.0 Å². The number of aryl methyl sites for hydroxylation is 1. The fourth-order valence-electron chi connectivity index (χ4n) is 4.02. The molecule has 5 rings (SSSR count). The minimum absolute atomic E-state index is 0.186. The molecular formula is C25H26ClN3O2. The van der Waals surface area contributed by atoms with E-state index >= 15 is 0 Å². The molecule has 0 unspecified atom stereocenters. The van der Waals surface area contributed by atoms with E-state index < -0.39 is 0 Å². The van der Waals surface area contributed by atoms with E-state index in [2.05, 4.69) is 4.90 Å². The van der Waals surface area contributed by atoms with Gasteiger partial charge in [-0.3, -0.25) is 4.79 Å². The molecule has 2 saturated carbocycles. The molecule has 1 aromatic heterocycles. The average Bonchev–Trinajstić information content (AvgIpc) is 3.53. The smallest absolute Gasteiger partial charge is 0.227 e. The number of amides is 1. The zero-order valence-corrected chi connectivity index (χ0v) is 18.4. The van der Waals surface area contributed by atoms with Gasteiger partial charge in [-0.1, -0.05) is 36.2 Å². The maximum atomic E-state index is 13.1. The van der Waals surface area contributed by atoms with E-state index in [-0.39, 0.29) is 11.8 Å². The van der Waals surface area contributed by atoms with Crippen molar-refractivity contribution in [1.29, 1.82) is 0 Å². The van der Waals surface area contributed by atoms with Crippen molar-refractivity contribution in [2.45, 2.75) is 51.6 Å². The van der Waals surface area contributed by atoms with E-state index in [0.29, 0.717) is 29.2 Å². The van der Waals surface area contributed by atoms with E-state index in [1.807, 2.05) is 66.2 Å². The monoisotopic (exact) mass is 435 g/mol. The van der Waals surface area contributed by atoms with Crippen LogP contribution in [0.15, 0.2) is 54.6 Å². The van der Waals surface area contributed by atoms with Crippen LogP contribution in [0.2, 0.25) is 5.02 Å².